The molecule has 33 heavy (non-hydrogen) atoms. The first-order valence-corrected chi connectivity index (χ1v) is 12.6. The summed E-state index contributed by atoms with van der Waals surface area (Å²) in [5.74, 6) is 0. The van der Waals surface area contributed by atoms with Crippen molar-refractivity contribution in [2.24, 2.45) is 0 Å². The van der Waals surface area contributed by atoms with Gasteiger partial charge in [-0.15, -0.1) is 0 Å². The first-order chi connectivity index (χ1) is 16.0. The van der Waals surface area contributed by atoms with Crippen LogP contribution in [0.15, 0.2) is 42.7 Å². The van der Waals surface area contributed by atoms with E-state index in [-0.39, 0.29) is 0 Å². The van der Waals surface area contributed by atoms with E-state index in [4.69, 9.17) is 9.97 Å². The molecule has 6 heteroatoms. The second-order valence-corrected chi connectivity index (χ2v) is 10.1. The number of rotatable bonds is 5. The average molecular weight is 447 g/mol. The van der Waals surface area contributed by atoms with Gasteiger partial charge in [-0.2, -0.15) is 0 Å². The number of hydrogen-bond donors (Lipinski definition) is 0. The van der Waals surface area contributed by atoms with E-state index in [1.165, 1.54) is 29.1 Å². The van der Waals surface area contributed by atoms with E-state index in [1.807, 2.05) is 12.3 Å². The highest BCUT2D eigenvalue weighted by Crippen LogP contribution is 2.41. The second-order valence-electron chi connectivity index (χ2n) is 10.1. The minimum Gasteiger partial charge on any atom is -0.302 e. The molecule has 2 aliphatic rings. The lowest BCUT2D eigenvalue weighted by Crippen LogP contribution is -2.48. The summed E-state index contributed by atoms with van der Waals surface area (Å²) in [6, 6.07) is 11.9. The van der Waals surface area contributed by atoms with Gasteiger partial charge < -0.3 is 4.40 Å². The fourth-order valence-electron chi connectivity index (χ4n) is 5.77. The van der Waals surface area contributed by atoms with Gasteiger partial charge in [0, 0.05) is 51.2 Å². The third-order valence-corrected chi connectivity index (χ3v) is 7.79. The summed E-state index contributed by atoms with van der Waals surface area (Å²) < 4.78 is 2.33. The molecule has 3 aromatic heterocycles. The van der Waals surface area contributed by atoms with Crippen molar-refractivity contribution in [1.82, 2.24) is 29.1 Å². The molecule has 0 amide bonds. The summed E-state index contributed by atoms with van der Waals surface area (Å²) in [6.07, 6.45) is 7.64. The molecule has 5 rings (SSSR count). The maximum absolute atomic E-state index is 5.21. The van der Waals surface area contributed by atoms with E-state index in [0.29, 0.717) is 18.1 Å². The highest BCUT2D eigenvalue weighted by atomic mass is 15.3. The Bertz CT molecular complexity index is 1080. The third kappa shape index (κ3) is 4.44. The molecular weight excluding hydrogens is 408 g/mol. The van der Waals surface area contributed by atoms with Gasteiger partial charge in [-0.05, 0) is 70.8 Å². The van der Waals surface area contributed by atoms with Crippen LogP contribution in [0.25, 0.3) is 5.65 Å². The van der Waals surface area contributed by atoms with Gasteiger partial charge in [0.2, 0.25) is 0 Å². The highest BCUT2D eigenvalue weighted by Gasteiger charge is 2.35. The lowest BCUT2D eigenvalue weighted by atomic mass is 9.90. The molecule has 0 unspecified atom stereocenters. The molecule has 0 spiro atoms. The van der Waals surface area contributed by atoms with Crippen molar-refractivity contribution >= 4 is 5.65 Å². The van der Waals surface area contributed by atoms with Gasteiger partial charge in [0.15, 0.2) is 0 Å². The number of fused-ring (bicyclic) bond motifs is 1. The maximum atomic E-state index is 5.21. The smallest absolute Gasteiger partial charge is 0.137 e. The van der Waals surface area contributed by atoms with Crippen LogP contribution in [0.3, 0.4) is 0 Å². The van der Waals surface area contributed by atoms with E-state index >= 15 is 0 Å². The Morgan fingerprint density at radius 2 is 1.73 bits per heavy atom. The normalized spacial score (nSPS) is 23.5. The molecule has 2 fully saturated rings. The van der Waals surface area contributed by atoms with Crippen LogP contribution in [-0.2, 0) is 6.54 Å². The van der Waals surface area contributed by atoms with E-state index in [2.05, 4.69) is 77.4 Å². The van der Waals surface area contributed by atoms with Crippen LogP contribution in [0.5, 0.6) is 0 Å². The van der Waals surface area contributed by atoms with E-state index in [1.54, 1.807) is 0 Å². The Labute approximate surface area is 198 Å². The minimum absolute atomic E-state index is 0.317. The Morgan fingerprint density at radius 3 is 2.45 bits per heavy atom. The molecular formula is C27H38N6. The molecule has 2 atom stereocenters. The molecule has 0 N–H and O–H groups in total. The van der Waals surface area contributed by atoms with Gasteiger partial charge in [-0.1, -0.05) is 12.1 Å². The van der Waals surface area contributed by atoms with Gasteiger partial charge in [0.25, 0.3) is 0 Å². The van der Waals surface area contributed by atoms with Crippen LogP contribution in [0, 0.1) is 6.92 Å². The Kier molecular flexibility index (Phi) is 6.50. The van der Waals surface area contributed by atoms with Crippen LogP contribution in [-0.4, -0.2) is 68.3 Å². The van der Waals surface area contributed by atoms with Gasteiger partial charge >= 0.3 is 0 Å². The number of likely N-dealkylation sites (tertiary alicyclic amines) is 1. The van der Waals surface area contributed by atoms with Crippen LogP contribution in [0.2, 0.25) is 0 Å². The van der Waals surface area contributed by atoms with Crippen LogP contribution in [0.1, 0.15) is 67.8 Å². The molecule has 6 nitrogen and oxygen atoms in total. The zero-order chi connectivity index (χ0) is 22.9. The SMILES string of the molecule is Cc1cccnc1[C@@H]1CCC[C@H](c2nc3ccccn3c2CN2CCN(C(C)C)CC2)N1C. The van der Waals surface area contributed by atoms with Crippen molar-refractivity contribution in [3.05, 3.63) is 65.4 Å². The summed E-state index contributed by atoms with van der Waals surface area (Å²) in [4.78, 5) is 17.7. The lowest BCUT2D eigenvalue weighted by molar-refractivity contribution is 0.0967. The average Bonchev–Trinajstić information content (AvgIpc) is 3.18. The van der Waals surface area contributed by atoms with Crippen molar-refractivity contribution in [2.45, 2.75) is 64.7 Å². The molecule has 0 bridgehead atoms. The zero-order valence-electron chi connectivity index (χ0n) is 20.6. The minimum atomic E-state index is 0.317. The van der Waals surface area contributed by atoms with Crippen molar-refractivity contribution < 1.29 is 0 Å². The summed E-state index contributed by atoms with van der Waals surface area (Å²) in [7, 11) is 2.28. The highest BCUT2D eigenvalue weighted by molar-refractivity contribution is 5.44. The number of imidazole rings is 1. The summed E-state index contributed by atoms with van der Waals surface area (Å²) >= 11 is 0. The first kappa shape index (κ1) is 22.5. The molecule has 176 valence electrons. The largest absolute Gasteiger partial charge is 0.302 e. The molecule has 2 saturated heterocycles. The number of aromatic nitrogens is 3. The van der Waals surface area contributed by atoms with Crippen molar-refractivity contribution in [1.29, 1.82) is 0 Å². The van der Waals surface area contributed by atoms with E-state index in [0.717, 1.165) is 51.2 Å². The first-order valence-electron chi connectivity index (χ1n) is 12.6. The topological polar surface area (TPSA) is 39.9 Å². The standard InChI is InChI=1S/C27H38N6/c1-20(2)32-17-15-31(16-18-32)19-24-27(29-25-12-5-6-14-33(24)25)23-11-7-10-22(30(23)4)26-21(3)9-8-13-28-26/h5-6,8-9,12-14,20,22-23H,7,10-11,15-19H2,1-4H3/t22-,23+/m0/s1. The third-order valence-electron chi connectivity index (χ3n) is 7.79. The number of hydrogen-bond acceptors (Lipinski definition) is 5. The number of piperidine rings is 1. The quantitative estimate of drug-likeness (QED) is 0.579. The van der Waals surface area contributed by atoms with Gasteiger partial charge in [-0.3, -0.25) is 19.7 Å². The van der Waals surface area contributed by atoms with Crippen molar-refractivity contribution in [3.63, 3.8) is 0 Å². The Balaban J connectivity index is 1.45. The van der Waals surface area contributed by atoms with Crippen molar-refractivity contribution in [3.8, 4) is 0 Å². The summed E-state index contributed by atoms with van der Waals surface area (Å²) in [5.41, 5.74) is 6.19. The van der Waals surface area contributed by atoms with Crippen molar-refractivity contribution in [2.75, 3.05) is 33.2 Å². The summed E-state index contributed by atoms with van der Waals surface area (Å²) in [5, 5.41) is 0. The van der Waals surface area contributed by atoms with Crippen LogP contribution >= 0.6 is 0 Å². The molecule has 0 aliphatic carbocycles. The fourth-order valence-corrected chi connectivity index (χ4v) is 5.77. The number of pyridine rings is 2. The van der Waals surface area contributed by atoms with Gasteiger partial charge in [-0.25, -0.2) is 4.98 Å². The molecule has 2 aliphatic heterocycles. The number of nitrogens with zero attached hydrogens (tertiary/aromatic N) is 6. The summed E-state index contributed by atoms with van der Waals surface area (Å²) in [6.45, 7) is 12.3. The van der Waals surface area contributed by atoms with Gasteiger partial charge in [0.1, 0.15) is 5.65 Å². The van der Waals surface area contributed by atoms with Crippen LogP contribution < -0.4 is 0 Å². The van der Waals surface area contributed by atoms with E-state index in [9.17, 15) is 0 Å². The Morgan fingerprint density at radius 1 is 0.970 bits per heavy atom. The number of aryl methyl sites for hydroxylation is 1. The zero-order valence-corrected chi connectivity index (χ0v) is 20.6. The predicted octanol–water partition coefficient (Wildman–Crippen LogP) is 4.46. The molecule has 5 heterocycles. The molecule has 3 aromatic rings. The maximum Gasteiger partial charge on any atom is 0.137 e. The fraction of sp³-hybridized carbons (Fsp3) is 0.556. The lowest BCUT2D eigenvalue weighted by Gasteiger charge is -2.40. The number of piperazine rings is 1. The predicted molar refractivity (Wildman–Crippen MR) is 133 cm³/mol. The van der Waals surface area contributed by atoms with Gasteiger partial charge in [0.05, 0.1) is 29.2 Å². The molecule has 0 radical (unpaired) electrons. The van der Waals surface area contributed by atoms with Crippen LogP contribution in [0.4, 0.5) is 0 Å². The molecule has 0 saturated carbocycles. The second kappa shape index (κ2) is 9.53. The molecule has 0 aromatic carbocycles. The Hall–Kier alpha value is -2.28. The monoisotopic (exact) mass is 446 g/mol. The van der Waals surface area contributed by atoms with E-state index < -0.39 is 0 Å².